The minimum atomic E-state index is 0.514. The molecular weight excluding hydrogens is 218 g/mol. The number of hydrogen-bond donors (Lipinski definition) is 1. The zero-order valence-corrected chi connectivity index (χ0v) is 11.4. The lowest BCUT2D eigenvalue weighted by Gasteiger charge is -2.17. The van der Waals surface area contributed by atoms with Gasteiger partial charge in [0.05, 0.1) is 0 Å². The van der Waals surface area contributed by atoms with Crippen LogP contribution in [-0.4, -0.2) is 6.04 Å². The Morgan fingerprint density at radius 2 is 1.67 bits per heavy atom. The van der Waals surface area contributed by atoms with Gasteiger partial charge in [0, 0.05) is 12.1 Å². The molecule has 0 saturated heterocycles. The predicted octanol–water partition coefficient (Wildman–Crippen LogP) is 3.69. The molecule has 3 saturated carbocycles. The summed E-state index contributed by atoms with van der Waals surface area (Å²) in [6, 6.07) is 10.4. The van der Waals surface area contributed by atoms with Crippen LogP contribution in [0.25, 0.3) is 0 Å². The standard InChI is InChI=1S/C17H23N/c1-10-3-5-12(6-4-10)11(2)18-17-15-13-7-8-14(9-13)16(15)17/h3-6,11,13-18H,7-9H2,1-2H3. The lowest BCUT2D eigenvalue weighted by atomic mass is 10.0. The highest BCUT2D eigenvalue weighted by Crippen LogP contribution is 2.65. The molecule has 3 fully saturated rings. The van der Waals surface area contributed by atoms with Gasteiger partial charge in [-0.2, -0.15) is 0 Å². The largest absolute Gasteiger partial charge is 0.307 e. The average molecular weight is 241 g/mol. The summed E-state index contributed by atoms with van der Waals surface area (Å²) in [7, 11) is 0. The quantitative estimate of drug-likeness (QED) is 0.851. The molecule has 5 unspecified atom stereocenters. The van der Waals surface area contributed by atoms with Crippen molar-refractivity contribution in [2.75, 3.05) is 0 Å². The van der Waals surface area contributed by atoms with E-state index in [1.807, 2.05) is 0 Å². The van der Waals surface area contributed by atoms with E-state index in [1.54, 1.807) is 6.42 Å². The number of nitrogens with one attached hydrogen (secondary N) is 1. The fourth-order valence-corrected chi connectivity index (χ4v) is 4.79. The topological polar surface area (TPSA) is 12.0 Å². The summed E-state index contributed by atoms with van der Waals surface area (Å²) in [6.07, 6.45) is 4.58. The SMILES string of the molecule is Cc1ccc(C(C)NC2C3C4CCC(C4)C23)cc1. The molecule has 1 heteroatoms. The number of benzene rings is 1. The fourth-order valence-electron chi connectivity index (χ4n) is 4.79. The normalized spacial score (nSPS) is 41.8. The van der Waals surface area contributed by atoms with E-state index in [1.165, 1.54) is 24.0 Å². The number of rotatable bonds is 3. The van der Waals surface area contributed by atoms with Crippen LogP contribution in [0.5, 0.6) is 0 Å². The molecule has 0 aliphatic heterocycles. The molecule has 1 aromatic rings. The molecule has 0 heterocycles. The molecule has 18 heavy (non-hydrogen) atoms. The predicted molar refractivity (Wildman–Crippen MR) is 74.3 cm³/mol. The second-order valence-electron chi connectivity index (χ2n) is 6.81. The Bertz CT molecular complexity index is 433. The molecule has 1 aromatic carbocycles. The Morgan fingerprint density at radius 3 is 2.28 bits per heavy atom. The highest BCUT2D eigenvalue weighted by Gasteiger charge is 2.64. The monoisotopic (exact) mass is 241 g/mol. The van der Waals surface area contributed by atoms with Crippen molar-refractivity contribution in [3.8, 4) is 0 Å². The van der Waals surface area contributed by atoms with Gasteiger partial charge in [-0.15, -0.1) is 0 Å². The molecule has 96 valence electrons. The van der Waals surface area contributed by atoms with Gasteiger partial charge in [-0.3, -0.25) is 0 Å². The van der Waals surface area contributed by atoms with E-state index in [9.17, 15) is 0 Å². The Labute approximate surface area is 110 Å². The fraction of sp³-hybridized carbons (Fsp3) is 0.647. The van der Waals surface area contributed by atoms with Gasteiger partial charge in [0.1, 0.15) is 0 Å². The first kappa shape index (κ1) is 11.0. The molecule has 4 rings (SSSR count). The second kappa shape index (κ2) is 3.84. The maximum atomic E-state index is 3.89. The van der Waals surface area contributed by atoms with Gasteiger partial charge in [-0.1, -0.05) is 29.8 Å². The molecule has 0 spiro atoms. The Balaban J connectivity index is 1.43. The Kier molecular flexibility index (Phi) is 2.35. The van der Waals surface area contributed by atoms with Crippen LogP contribution in [0.1, 0.15) is 43.4 Å². The van der Waals surface area contributed by atoms with Crippen molar-refractivity contribution in [2.45, 2.75) is 45.2 Å². The number of aryl methyl sites for hydroxylation is 1. The first-order chi connectivity index (χ1) is 8.74. The molecule has 0 amide bonds. The zero-order valence-electron chi connectivity index (χ0n) is 11.4. The number of fused-ring (bicyclic) bond motifs is 5. The molecule has 0 radical (unpaired) electrons. The van der Waals surface area contributed by atoms with Crippen molar-refractivity contribution in [1.82, 2.24) is 5.32 Å². The molecular formula is C17H23N. The van der Waals surface area contributed by atoms with Crippen LogP contribution in [0.3, 0.4) is 0 Å². The summed E-state index contributed by atoms with van der Waals surface area (Å²) in [6.45, 7) is 4.48. The van der Waals surface area contributed by atoms with E-state index in [4.69, 9.17) is 0 Å². The molecule has 0 aromatic heterocycles. The average Bonchev–Trinajstić information content (AvgIpc) is 2.78. The molecule has 3 aliphatic carbocycles. The molecule has 5 atom stereocenters. The van der Waals surface area contributed by atoms with Crippen molar-refractivity contribution >= 4 is 0 Å². The smallest absolute Gasteiger partial charge is 0.0294 e. The summed E-state index contributed by atoms with van der Waals surface area (Å²) in [5.74, 6) is 4.22. The van der Waals surface area contributed by atoms with Crippen LogP contribution in [-0.2, 0) is 0 Å². The van der Waals surface area contributed by atoms with E-state index in [2.05, 4.69) is 43.4 Å². The van der Waals surface area contributed by atoms with Crippen molar-refractivity contribution in [3.63, 3.8) is 0 Å². The maximum Gasteiger partial charge on any atom is 0.0294 e. The zero-order chi connectivity index (χ0) is 12.3. The third-order valence-electron chi connectivity index (χ3n) is 5.76. The van der Waals surface area contributed by atoms with Crippen LogP contribution < -0.4 is 5.32 Å². The van der Waals surface area contributed by atoms with Crippen molar-refractivity contribution in [3.05, 3.63) is 35.4 Å². The van der Waals surface area contributed by atoms with Gasteiger partial charge >= 0.3 is 0 Å². The van der Waals surface area contributed by atoms with Crippen molar-refractivity contribution in [1.29, 1.82) is 0 Å². The summed E-state index contributed by atoms with van der Waals surface area (Å²) >= 11 is 0. The van der Waals surface area contributed by atoms with E-state index < -0.39 is 0 Å². The molecule has 3 aliphatic rings. The molecule has 1 nitrogen and oxygen atoms in total. The van der Waals surface area contributed by atoms with E-state index in [0.717, 1.165) is 29.7 Å². The third kappa shape index (κ3) is 1.56. The Hall–Kier alpha value is -0.820. The second-order valence-corrected chi connectivity index (χ2v) is 6.81. The lowest BCUT2D eigenvalue weighted by molar-refractivity contribution is 0.433. The van der Waals surface area contributed by atoms with E-state index >= 15 is 0 Å². The van der Waals surface area contributed by atoms with Crippen LogP contribution in [0, 0.1) is 30.6 Å². The summed E-state index contributed by atoms with van der Waals surface area (Å²) in [4.78, 5) is 0. The van der Waals surface area contributed by atoms with Crippen LogP contribution >= 0.6 is 0 Å². The van der Waals surface area contributed by atoms with Crippen molar-refractivity contribution < 1.29 is 0 Å². The number of hydrogen-bond acceptors (Lipinski definition) is 1. The summed E-state index contributed by atoms with van der Waals surface area (Å²) < 4.78 is 0. The summed E-state index contributed by atoms with van der Waals surface area (Å²) in [5, 5.41) is 3.89. The molecule has 2 bridgehead atoms. The highest BCUT2D eigenvalue weighted by atomic mass is 15.0. The van der Waals surface area contributed by atoms with Crippen LogP contribution in [0.2, 0.25) is 0 Å². The van der Waals surface area contributed by atoms with E-state index in [0.29, 0.717) is 6.04 Å². The molecule has 1 N–H and O–H groups in total. The van der Waals surface area contributed by atoms with Gasteiger partial charge in [0.2, 0.25) is 0 Å². The Morgan fingerprint density at radius 1 is 1.06 bits per heavy atom. The summed E-state index contributed by atoms with van der Waals surface area (Å²) in [5.41, 5.74) is 2.80. The van der Waals surface area contributed by atoms with Gasteiger partial charge in [0.15, 0.2) is 0 Å². The van der Waals surface area contributed by atoms with Gasteiger partial charge in [-0.25, -0.2) is 0 Å². The lowest BCUT2D eigenvalue weighted by Crippen LogP contribution is -2.26. The highest BCUT2D eigenvalue weighted by molar-refractivity contribution is 5.25. The van der Waals surface area contributed by atoms with Crippen LogP contribution in [0.4, 0.5) is 0 Å². The third-order valence-corrected chi connectivity index (χ3v) is 5.76. The van der Waals surface area contributed by atoms with Gasteiger partial charge < -0.3 is 5.32 Å². The maximum absolute atomic E-state index is 3.89. The van der Waals surface area contributed by atoms with Gasteiger partial charge in [-0.05, 0) is 62.3 Å². The minimum Gasteiger partial charge on any atom is -0.307 e. The van der Waals surface area contributed by atoms with Crippen molar-refractivity contribution in [2.24, 2.45) is 23.7 Å². The minimum absolute atomic E-state index is 0.514. The first-order valence-electron chi connectivity index (χ1n) is 7.56. The van der Waals surface area contributed by atoms with E-state index in [-0.39, 0.29) is 0 Å². The first-order valence-corrected chi connectivity index (χ1v) is 7.56. The van der Waals surface area contributed by atoms with Gasteiger partial charge in [0.25, 0.3) is 0 Å². The van der Waals surface area contributed by atoms with Crippen LogP contribution in [0.15, 0.2) is 24.3 Å².